The van der Waals surface area contributed by atoms with E-state index in [1.54, 1.807) is 37.4 Å². The second-order valence-corrected chi connectivity index (χ2v) is 7.73. The molecule has 1 unspecified atom stereocenters. The molecule has 1 atom stereocenters. The summed E-state index contributed by atoms with van der Waals surface area (Å²) in [6, 6.07) is 18.0. The van der Waals surface area contributed by atoms with Gasteiger partial charge in [-0.25, -0.2) is 0 Å². The number of hydrogen-bond donors (Lipinski definition) is 1. The predicted molar refractivity (Wildman–Crippen MR) is 118 cm³/mol. The average Bonchev–Trinajstić information content (AvgIpc) is 2.85. The molecule has 1 aliphatic rings. The van der Waals surface area contributed by atoms with Crippen molar-refractivity contribution in [2.75, 3.05) is 11.9 Å². The molecule has 1 N–H and O–H groups in total. The Kier molecular flexibility index (Phi) is 5.44. The van der Waals surface area contributed by atoms with E-state index < -0.39 is 11.0 Å². The molecule has 31 heavy (non-hydrogen) atoms. The van der Waals surface area contributed by atoms with Crippen LogP contribution in [-0.2, 0) is 11.2 Å². The number of carbonyl (C=O) groups excluding carboxylic acids is 2. The van der Waals surface area contributed by atoms with Gasteiger partial charge in [-0.2, -0.15) is 0 Å². The van der Waals surface area contributed by atoms with Crippen LogP contribution in [0.15, 0.2) is 66.7 Å². The summed E-state index contributed by atoms with van der Waals surface area (Å²) in [7, 11) is 1.64. The molecule has 3 aromatic carbocycles. The zero-order valence-electron chi connectivity index (χ0n) is 16.5. The number of nitrogens with zero attached hydrogens (tertiary/aromatic N) is 2. The molecule has 0 spiro atoms. The maximum atomic E-state index is 12.9. The quantitative estimate of drug-likeness (QED) is 0.490. The molecule has 1 aliphatic heterocycles. The highest BCUT2D eigenvalue weighted by Gasteiger charge is 2.32. The molecular weight excluding hydrogens is 418 g/mol. The Hall–Kier alpha value is -3.71. The number of benzene rings is 3. The summed E-state index contributed by atoms with van der Waals surface area (Å²) in [5, 5.41) is 14.0. The lowest BCUT2D eigenvalue weighted by atomic mass is 10.00. The normalized spacial score (nSPS) is 15.8. The molecule has 0 fully saturated rings. The van der Waals surface area contributed by atoms with Crippen LogP contribution < -0.4 is 10.2 Å². The Labute approximate surface area is 183 Å². The molecule has 156 valence electrons. The fourth-order valence-electron chi connectivity index (χ4n) is 3.62. The van der Waals surface area contributed by atoms with Crippen LogP contribution in [0.2, 0.25) is 5.02 Å². The van der Waals surface area contributed by atoms with Gasteiger partial charge in [0, 0.05) is 30.6 Å². The number of likely N-dealkylation sites (N-methyl/N-ethyl adjacent to an activating group) is 1. The first-order valence-electron chi connectivity index (χ1n) is 9.55. The van der Waals surface area contributed by atoms with Crippen LogP contribution in [0, 0.1) is 10.1 Å². The first-order chi connectivity index (χ1) is 14.8. The van der Waals surface area contributed by atoms with Crippen LogP contribution in [0.1, 0.15) is 15.9 Å². The van der Waals surface area contributed by atoms with Crippen LogP contribution in [0.25, 0.3) is 11.1 Å². The Morgan fingerprint density at radius 3 is 2.23 bits per heavy atom. The lowest BCUT2D eigenvalue weighted by molar-refractivity contribution is -0.384. The molecule has 1 heterocycles. The summed E-state index contributed by atoms with van der Waals surface area (Å²) in [6.07, 6.45) is 0.331. The summed E-state index contributed by atoms with van der Waals surface area (Å²) in [6.45, 7) is 0. The number of nitro benzene ring substituents is 1. The second-order valence-electron chi connectivity index (χ2n) is 7.29. The van der Waals surface area contributed by atoms with Crippen molar-refractivity contribution in [2.45, 2.75) is 12.5 Å². The number of rotatable bonds is 4. The molecule has 0 aliphatic carbocycles. The number of nitro groups is 1. The molecule has 4 rings (SSSR count). The van der Waals surface area contributed by atoms with Gasteiger partial charge in [-0.3, -0.25) is 19.7 Å². The number of anilines is 1. The van der Waals surface area contributed by atoms with Crippen molar-refractivity contribution in [1.29, 1.82) is 0 Å². The van der Waals surface area contributed by atoms with E-state index in [0.717, 1.165) is 16.7 Å². The highest BCUT2D eigenvalue weighted by molar-refractivity contribution is 6.31. The van der Waals surface area contributed by atoms with Gasteiger partial charge in [-0.1, -0.05) is 35.9 Å². The van der Waals surface area contributed by atoms with Crippen LogP contribution >= 0.6 is 11.6 Å². The van der Waals surface area contributed by atoms with E-state index in [1.165, 1.54) is 17.0 Å². The molecule has 0 saturated heterocycles. The van der Waals surface area contributed by atoms with Gasteiger partial charge < -0.3 is 10.2 Å². The number of amides is 2. The molecule has 0 saturated carbocycles. The Balaban J connectivity index is 1.53. The average molecular weight is 436 g/mol. The van der Waals surface area contributed by atoms with E-state index in [0.29, 0.717) is 22.7 Å². The Bertz CT molecular complexity index is 1180. The van der Waals surface area contributed by atoms with E-state index in [9.17, 15) is 19.7 Å². The zero-order valence-corrected chi connectivity index (χ0v) is 17.3. The van der Waals surface area contributed by atoms with Crippen LogP contribution in [-0.4, -0.2) is 29.8 Å². The predicted octanol–water partition coefficient (Wildman–Crippen LogP) is 4.23. The van der Waals surface area contributed by atoms with Crippen molar-refractivity contribution in [3.05, 3.63) is 93.0 Å². The van der Waals surface area contributed by atoms with Gasteiger partial charge in [-0.05, 0) is 47.0 Å². The highest BCUT2D eigenvalue weighted by Crippen LogP contribution is 2.27. The molecule has 7 nitrogen and oxygen atoms in total. The minimum Gasteiger partial charge on any atom is -0.340 e. The second kappa shape index (κ2) is 8.20. The molecule has 0 aromatic heterocycles. The number of carbonyl (C=O) groups is 2. The van der Waals surface area contributed by atoms with Gasteiger partial charge >= 0.3 is 0 Å². The number of halogens is 1. The third-order valence-corrected chi connectivity index (χ3v) is 5.54. The third kappa shape index (κ3) is 4.13. The minimum absolute atomic E-state index is 0.0365. The molecule has 0 bridgehead atoms. The van der Waals surface area contributed by atoms with Crippen LogP contribution in [0.4, 0.5) is 11.4 Å². The standard InChI is InChI=1S/C23H18ClN3O4/c1-26-21-11-8-17(24)13-19(21)22(28)25-20(23(26)29)12-14-2-4-15(5-3-14)16-6-9-18(10-7-16)27(30)31/h2-11,13,20H,12H2,1H3,(H,25,28). The SMILES string of the molecule is CN1C(=O)C(Cc2ccc(-c3ccc([N+](=O)[O-])cc3)cc2)NC(=O)c2cc(Cl)ccc21. The zero-order chi connectivity index (χ0) is 22.1. The van der Waals surface area contributed by atoms with Gasteiger partial charge in [0.25, 0.3) is 11.6 Å². The van der Waals surface area contributed by atoms with Crippen molar-refractivity contribution in [1.82, 2.24) is 5.32 Å². The fraction of sp³-hybridized carbons (Fsp3) is 0.130. The van der Waals surface area contributed by atoms with Crippen molar-refractivity contribution < 1.29 is 14.5 Å². The van der Waals surface area contributed by atoms with Gasteiger partial charge in [0.2, 0.25) is 5.91 Å². The molecular formula is C23H18ClN3O4. The van der Waals surface area contributed by atoms with Gasteiger partial charge in [0.1, 0.15) is 6.04 Å². The highest BCUT2D eigenvalue weighted by atomic mass is 35.5. The summed E-state index contributed by atoms with van der Waals surface area (Å²) >= 11 is 6.02. The molecule has 0 radical (unpaired) electrons. The van der Waals surface area contributed by atoms with Crippen molar-refractivity contribution in [3.8, 4) is 11.1 Å². The minimum atomic E-state index is -0.714. The smallest absolute Gasteiger partial charge is 0.269 e. The first-order valence-corrected chi connectivity index (χ1v) is 9.93. The summed E-state index contributed by atoms with van der Waals surface area (Å²) in [4.78, 5) is 37.5. The van der Waals surface area contributed by atoms with E-state index in [4.69, 9.17) is 11.6 Å². The van der Waals surface area contributed by atoms with Gasteiger partial charge in [-0.15, -0.1) is 0 Å². The molecule has 2 amide bonds. The molecule has 8 heteroatoms. The van der Waals surface area contributed by atoms with E-state index in [2.05, 4.69) is 5.32 Å². The summed E-state index contributed by atoms with van der Waals surface area (Å²) in [5.41, 5.74) is 3.54. The van der Waals surface area contributed by atoms with Crippen molar-refractivity contribution in [3.63, 3.8) is 0 Å². The number of nitrogens with one attached hydrogen (secondary N) is 1. The summed E-state index contributed by atoms with van der Waals surface area (Å²) < 4.78 is 0. The largest absolute Gasteiger partial charge is 0.340 e. The Morgan fingerprint density at radius 1 is 1.00 bits per heavy atom. The third-order valence-electron chi connectivity index (χ3n) is 5.30. The number of fused-ring (bicyclic) bond motifs is 1. The Morgan fingerprint density at radius 2 is 1.61 bits per heavy atom. The van der Waals surface area contributed by atoms with E-state index in [-0.39, 0.29) is 17.5 Å². The van der Waals surface area contributed by atoms with Crippen LogP contribution in [0.5, 0.6) is 0 Å². The maximum absolute atomic E-state index is 12.9. The van der Waals surface area contributed by atoms with Gasteiger partial charge in [0.05, 0.1) is 16.2 Å². The first kappa shape index (κ1) is 20.6. The molecule has 3 aromatic rings. The number of non-ortho nitro benzene ring substituents is 1. The summed E-state index contributed by atoms with van der Waals surface area (Å²) in [5.74, 6) is -0.559. The van der Waals surface area contributed by atoms with E-state index in [1.807, 2.05) is 24.3 Å². The van der Waals surface area contributed by atoms with E-state index >= 15 is 0 Å². The van der Waals surface area contributed by atoms with Gasteiger partial charge in [0.15, 0.2) is 0 Å². The maximum Gasteiger partial charge on any atom is 0.269 e. The van der Waals surface area contributed by atoms with Crippen molar-refractivity contribution in [2.24, 2.45) is 0 Å². The van der Waals surface area contributed by atoms with Crippen molar-refractivity contribution >= 4 is 34.8 Å². The monoisotopic (exact) mass is 435 g/mol. The lowest BCUT2D eigenvalue weighted by Crippen LogP contribution is -2.45. The number of hydrogen-bond acceptors (Lipinski definition) is 4. The lowest BCUT2D eigenvalue weighted by Gasteiger charge is -2.21. The van der Waals surface area contributed by atoms with Crippen LogP contribution in [0.3, 0.4) is 0 Å². The fourth-order valence-corrected chi connectivity index (χ4v) is 3.79. The topological polar surface area (TPSA) is 92.6 Å².